The van der Waals surface area contributed by atoms with E-state index in [2.05, 4.69) is 4.72 Å². The molecule has 7 heteroatoms. The molecule has 0 aliphatic rings. The zero-order valence-electron chi connectivity index (χ0n) is 11.3. The molecule has 1 aromatic rings. The average molecular weight is 296 g/mol. The van der Waals surface area contributed by atoms with Crippen molar-refractivity contribution in [2.75, 3.05) is 13.2 Å². The van der Waals surface area contributed by atoms with Crippen LogP contribution in [0.2, 0.25) is 0 Å². The van der Waals surface area contributed by atoms with Crippen molar-refractivity contribution in [1.82, 2.24) is 4.72 Å². The number of hydrogen-bond donors (Lipinski definition) is 1. The molecule has 1 aromatic carbocycles. The second kappa shape index (κ2) is 7.03. The Morgan fingerprint density at radius 3 is 2.40 bits per heavy atom. The van der Waals surface area contributed by atoms with E-state index in [9.17, 15) is 13.2 Å². The lowest BCUT2D eigenvalue weighted by Crippen LogP contribution is -2.23. The third kappa shape index (κ3) is 3.79. The van der Waals surface area contributed by atoms with E-state index in [0.717, 1.165) is 0 Å². The molecule has 0 spiro atoms. The van der Waals surface area contributed by atoms with Gasteiger partial charge in [-0.2, -0.15) is 5.26 Å². The quantitative estimate of drug-likeness (QED) is 0.794. The monoisotopic (exact) mass is 296 g/mol. The predicted octanol–water partition coefficient (Wildman–Crippen LogP) is 1.16. The molecule has 0 heterocycles. The van der Waals surface area contributed by atoms with E-state index in [1.165, 1.54) is 24.3 Å². The van der Waals surface area contributed by atoms with Crippen molar-refractivity contribution in [2.45, 2.75) is 24.7 Å². The predicted molar refractivity (Wildman–Crippen MR) is 72.3 cm³/mol. The number of ether oxygens (including phenoxy) is 1. The maximum Gasteiger partial charge on any atom is 0.327 e. The molecule has 0 radical (unpaired) electrons. The van der Waals surface area contributed by atoms with E-state index >= 15 is 0 Å². The Bertz CT molecular complexity index is 602. The van der Waals surface area contributed by atoms with Crippen LogP contribution in [0.15, 0.2) is 29.2 Å². The van der Waals surface area contributed by atoms with E-state index in [4.69, 9.17) is 10.00 Å². The normalized spacial score (nSPS) is 12.4. The first-order valence-corrected chi connectivity index (χ1v) is 7.60. The smallest absolute Gasteiger partial charge is 0.327 e. The van der Waals surface area contributed by atoms with Crippen LogP contribution in [0.1, 0.15) is 25.3 Å². The number of rotatable bonds is 6. The van der Waals surface area contributed by atoms with Crippen LogP contribution in [-0.2, 0) is 19.6 Å². The van der Waals surface area contributed by atoms with Crippen LogP contribution in [-0.4, -0.2) is 27.5 Å². The van der Waals surface area contributed by atoms with Crippen molar-refractivity contribution >= 4 is 16.0 Å². The van der Waals surface area contributed by atoms with E-state index in [1.807, 2.05) is 6.07 Å². The van der Waals surface area contributed by atoms with Gasteiger partial charge in [-0.05, 0) is 24.6 Å². The second-order valence-corrected chi connectivity index (χ2v) is 5.65. The van der Waals surface area contributed by atoms with Crippen LogP contribution < -0.4 is 4.72 Å². The first kappa shape index (κ1) is 16.1. The lowest BCUT2D eigenvalue weighted by atomic mass is 10.0. The number of benzene rings is 1. The van der Waals surface area contributed by atoms with Gasteiger partial charge in [0.05, 0.1) is 17.6 Å². The highest BCUT2D eigenvalue weighted by Crippen LogP contribution is 2.19. The summed E-state index contributed by atoms with van der Waals surface area (Å²) in [6, 6.07) is 7.44. The number of sulfonamides is 1. The summed E-state index contributed by atoms with van der Waals surface area (Å²) in [5, 5.41) is 9.01. The van der Waals surface area contributed by atoms with Crippen molar-refractivity contribution in [3.05, 3.63) is 29.8 Å². The molecule has 1 rings (SSSR count). The number of hydrogen-bond acceptors (Lipinski definition) is 5. The summed E-state index contributed by atoms with van der Waals surface area (Å²) >= 11 is 0. The zero-order chi connectivity index (χ0) is 15.2. The molecule has 0 fully saturated rings. The maximum absolute atomic E-state index is 11.8. The first-order chi connectivity index (χ1) is 9.46. The van der Waals surface area contributed by atoms with Crippen molar-refractivity contribution in [3.8, 4) is 6.07 Å². The largest absolute Gasteiger partial charge is 0.465 e. The SMILES string of the molecule is CCNS(=O)(=O)c1ccc(C(C#N)C(=O)OCC)cc1. The Kier molecular flexibility index (Phi) is 5.67. The molecule has 20 heavy (non-hydrogen) atoms. The van der Waals surface area contributed by atoms with Gasteiger partial charge in [0.15, 0.2) is 5.92 Å². The Labute approximate surface area is 118 Å². The molecule has 1 unspecified atom stereocenters. The number of nitrogens with zero attached hydrogens (tertiary/aromatic N) is 1. The minimum absolute atomic E-state index is 0.0867. The van der Waals surface area contributed by atoms with E-state index in [1.54, 1.807) is 13.8 Å². The molecule has 0 saturated heterocycles. The van der Waals surface area contributed by atoms with Crippen LogP contribution in [0.5, 0.6) is 0 Å². The summed E-state index contributed by atoms with van der Waals surface area (Å²) in [4.78, 5) is 11.7. The molecule has 108 valence electrons. The first-order valence-electron chi connectivity index (χ1n) is 6.12. The Morgan fingerprint density at radius 1 is 1.35 bits per heavy atom. The molecule has 0 saturated carbocycles. The van der Waals surface area contributed by atoms with Crippen molar-refractivity contribution < 1.29 is 17.9 Å². The molecule has 0 aromatic heterocycles. The fourth-order valence-corrected chi connectivity index (χ4v) is 2.64. The van der Waals surface area contributed by atoms with Gasteiger partial charge >= 0.3 is 5.97 Å². The minimum atomic E-state index is -3.54. The Balaban J connectivity index is 3.02. The summed E-state index contributed by atoms with van der Waals surface area (Å²) in [5.41, 5.74) is 0.404. The van der Waals surface area contributed by atoms with E-state index in [0.29, 0.717) is 5.56 Å². The summed E-state index contributed by atoms with van der Waals surface area (Å²) < 4.78 is 30.7. The number of nitriles is 1. The Morgan fingerprint density at radius 2 is 1.95 bits per heavy atom. The van der Waals surface area contributed by atoms with Crippen molar-refractivity contribution in [1.29, 1.82) is 5.26 Å². The molecule has 1 atom stereocenters. The van der Waals surface area contributed by atoms with Gasteiger partial charge in [-0.1, -0.05) is 19.1 Å². The summed E-state index contributed by atoms with van der Waals surface area (Å²) in [6.07, 6.45) is 0. The van der Waals surface area contributed by atoms with Gasteiger partial charge < -0.3 is 4.74 Å². The van der Waals surface area contributed by atoms with Gasteiger partial charge in [0, 0.05) is 6.54 Å². The van der Waals surface area contributed by atoms with Crippen LogP contribution >= 0.6 is 0 Å². The summed E-state index contributed by atoms with van der Waals surface area (Å²) in [6.45, 7) is 3.80. The topological polar surface area (TPSA) is 96.3 Å². The molecule has 0 aliphatic heterocycles. The van der Waals surface area contributed by atoms with Gasteiger partial charge in [0.2, 0.25) is 10.0 Å². The third-order valence-electron chi connectivity index (χ3n) is 2.51. The second-order valence-electron chi connectivity index (χ2n) is 3.88. The van der Waals surface area contributed by atoms with Gasteiger partial charge in [-0.15, -0.1) is 0 Å². The maximum atomic E-state index is 11.8. The molecule has 0 bridgehead atoms. The highest BCUT2D eigenvalue weighted by atomic mass is 32.2. The molecular weight excluding hydrogens is 280 g/mol. The molecular formula is C13H16N2O4S. The van der Waals surface area contributed by atoms with E-state index < -0.39 is 21.9 Å². The summed E-state index contributed by atoms with van der Waals surface area (Å²) in [7, 11) is -3.54. The number of esters is 1. The van der Waals surface area contributed by atoms with Crippen molar-refractivity contribution in [2.24, 2.45) is 0 Å². The number of nitrogens with one attached hydrogen (secondary N) is 1. The number of carbonyl (C=O) groups excluding carboxylic acids is 1. The van der Waals surface area contributed by atoms with Crippen LogP contribution in [0.4, 0.5) is 0 Å². The lowest BCUT2D eigenvalue weighted by Gasteiger charge is -2.10. The van der Waals surface area contributed by atoms with Crippen LogP contribution in [0.25, 0.3) is 0 Å². The highest BCUT2D eigenvalue weighted by Gasteiger charge is 2.22. The van der Waals surface area contributed by atoms with Crippen molar-refractivity contribution in [3.63, 3.8) is 0 Å². The molecule has 0 amide bonds. The minimum Gasteiger partial charge on any atom is -0.465 e. The fourth-order valence-electron chi connectivity index (χ4n) is 1.60. The van der Waals surface area contributed by atoms with E-state index in [-0.39, 0.29) is 18.0 Å². The van der Waals surface area contributed by atoms with Gasteiger partial charge in [-0.3, -0.25) is 4.79 Å². The molecule has 1 N–H and O–H groups in total. The van der Waals surface area contributed by atoms with Gasteiger partial charge in [0.25, 0.3) is 0 Å². The van der Waals surface area contributed by atoms with Crippen LogP contribution in [0.3, 0.4) is 0 Å². The lowest BCUT2D eigenvalue weighted by molar-refractivity contribution is -0.143. The van der Waals surface area contributed by atoms with Crippen LogP contribution in [0, 0.1) is 11.3 Å². The Hall–Kier alpha value is -1.91. The summed E-state index contributed by atoms with van der Waals surface area (Å²) in [5.74, 6) is -1.69. The average Bonchev–Trinajstić information content (AvgIpc) is 2.40. The van der Waals surface area contributed by atoms with Gasteiger partial charge in [-0.25, -0.2) is 13.1 Å². The standard InChI is InChI=1S/C13H16N2O4S/c1-3-15-20(17,18)11-7-5-10(6-8-11)12(9-14)13(16)19-4-2/h5-8,12,15H,3-4H2,1-2H3. The third-order valence-corrected chi connectivity index (χ3v) is 4.07. The number of carbonyl (C=O) groups is 1. The molecule has 0 aliphatic carbocycles. The molecule has 6 nitrogen and oxygen atoms in total. The fraction of sp³-hybridized carbons (Fsp3) is 0.385. The van der Waals surface area contributed by atoms with Gasteiger partial charge in [0.1, 0.15) is 0 Å². The highest BCUT2D eigenvalue weighted by molar-refractivity contribution is 7.89. The zero-order valence-corrected chi connectivity index (χ0v) is 12.1.